The van der Waals surface area contributed by atoms with Crippen molar-refractivity contribution in [2.24, 2.45) is 0 Å². The van der Waals surface area contributed by atoms with Crippen LogP contribution in [-0.2, 0) is 20.7 Å². The van der Waals surface area contributed by atoms with Crippen molar-refractivity contribution >= 4 is 17.5 Å². The highest BCUT2D eigenvalue weighted by Crippen LogP contribution is 2.14. The smallest absolute Gasteiger partial charge is 0.233 e. The van der Waals surface area contributed by atoms with E-state index in [0.29, 0.717) is 19.5 Å². The maximum absolute atomic E-state index is 11.6. The zero-order chi connectivity index (χ0) is 14.8. The number of halogens is 1. The number of nitrogens with one attached hydrogen (secondary N) is 2. The lowest BCUT2D eigenvalue weighted by Gasteiger charge is -2.14. The zero-order valence-corrected chi connectivity index (χ0v) is 12.6. The summed E-state index contributed by atoms with van der Waals surface area (Å²) in [6.07, 6.45) is 0.371. The van der Waals surface area contributed by atoms with Crippen LogP contribution in [0.4, 0.5) is 0 Å². The molecular weight excluding hydrogens is 280 g/mol. The predicted octanol–water partition coefficient (Wildman–Crippen LogP) is 1.21. The number of amides is 1. The van der Waals surface area contributed by atoms with Crippen LogP contribution in [0, 0.1) is 0 Å². The predicted molar refractivity (Wildman–Crippen MR) is 78.8 cm³/mol. The molecular formula is C14H21ClN2O3. The molecule has 0 bridgehead atoms. The van der Waals surface area contributed by atoms with Gasteiger partial charge in [-0.3, -0.25) is 4.79 Å². The lowest BCUT2D eigenvalue weighted by Crippen LogP contribution is -2.38. The van der Waals surface area contributed by atoms with Crippen LogP contribution in [0.2, 0.25) is 5.02 Å². The van der Waals surface area contributed by atoms with Gasteiger partial charge in [0.25, 0.3) is 0 Å². The van der Waals surface area contributed by atoms with Crippen molar-refractivity contribution in [2.75, 3.05) is 33.9 Å². The molecule has 112 valence electrons. The van der Waals surface area contributed by atoms with Gasteiger partial charge in [-0.25, -0.2) is 0 Å². The molecule has 0 aliphatic carbocycles. The van der Waals surface area contributed by atoms with E-state index in [9.17, 15) is 4.79 Å². The first-order valence-electron chi connectivity index (χ1n) is 6.43. The maximum Gasteiger partial charge on any atom is 0.233 e. The normalized spacial score (nSPS) is 10.8. The molecule has 1 rings (SSSR count). The molecule has 20 heavy (non-hydrogen) atoms. The quantitative estimate of drug-likeness (QED) is 0.673. The van der Waals surface area contributed by atoms with Crippen LogP contribution in [0.15, 0.2) is 24.3 Å². The molecule has 2 N–H and O–H groups in total. The second-order valence-corrected chi connectivity index (χ2v) is 4.63. The molecule has 6 heteroatoms. The highest BCUT2D eigenvalue weighted by molar-refractivity contribution is 6.31. The fraction of sp³-hybridized carbons (Fsp3) is 0.500. The fourth-order valence-electron chi connectivity index (χ4n) is 1.67. The first-order valence-corrected chi connectivity index (χ1v) is 6.81. The largest absolute Gasteiger partial charge is 0.355 e. The van der Waals surface area contributed by atoms with Gasteiger partial charge in [0.2, 0.25) is 5.91 Å². The Morgan fingerprint density at radius 3 is 2.65 bits per heavy atom. The SMILES string of the molecule is COC(CNCC(=O)NCCc1ccccc1Cl)OC. The molecule has 0 spiro atoms. The third-order valence-corrected chi connectivity index (χ3v) is 3.17. The van der Waals surface area contributed by atoms with Gasteiger partial charge in [0.05, 0.1) is 6.54 Å². The molecule has 0 atom stereocenters. The Hall–Kier alpha value is -1.14. The van der Waals surface area contributed by atoms with E-state index in [0.717, 1.165) is 10.6 Å². The van der Waals surface area contributed by atoms with E-state index in [-0.39, 0.29) is 18.7 Å². The number of methoxy groups -OCH3 is 2. The molecule has 0 aromatic heterocycles. The van der Waals surface area contributed by atoms with Gasteiger partial charge in [0, 0.05) is 32.3 Å². The molecule has 0 aliphatic rings. The molecule has 0 saturated carbocycles. The highest BCUT2D eigenvalue weighted by atomic mass is 35.5. The number of hydrogen-bond acceptors (Lipinski definition) is 4. The number of benzene rings is 1. The third kappa shape index (κ3) is 6.34. The summed E-state index contributed by atoms with van der Waals surface area (Å²) in [5.41, 5.74) is 1.03. The fourth-order valence-corrected chi connectivity index (χ4v) is 1.90. The Kier molecular flexibility index (Phi) is 8.22. The lowest BCUT2D eigenvalue weighted by atomic mass is 10.1. The van der Waals surface area contributed by atoms with Crippen molar-refractivity contribution in [2.45, 2.75) is 12.7 Å². The Bertz CT molecular complexity index is 411. The van der Waals surface area contributed by atoms with Crippen molar-refractivity contribution in [3.05, 3.63) is 34.9 Å². The van der Waals surface area contributed by atoms with Gasteiger partial charge in [-0.2, -0.15) is 0 Å². The molecule has 0 saturated heterocycles. The topological polar surface area (TPSA) is 59.6 Å². The minimum atomic E-state index is -0.342. The van der Waals surface area contributed by atoms with Crippen LogP contribution in [0.5, 0.6) is 0 Å². The van der Waals surface area contributed by atoms with Crippen molar-refractivity contribution in [3.8, 4) is 0 Å². The zero-order valence-electron chi connectivity index (χ0n) is 11.8. The average Bonchev–Trinajstić information content (AvgIpc) is 2.46. The van der Waals surface area contributed by atoms with Crippen LogP contribution in [-0.4, -0.2) is 46.1 Å². The molecule has 1 amide bonds. The van der Waals surface area contributed by atoms with Gasteiger partial charge in [0.15, 0.2) is 6.29 Å². The van der Waals surface area contributed by atoms with E-state index >= 15 is 0 Å². The lowest BCUT2D eigenvalue weighted by molar-refractivity contribution is -0.121. The van der Waals surface area contributed by atoms with Crippen LogP contribution in [0.3, 0.4) is 0 Å². The number of carbonyl (C=O) groups is 1. The second-order valence-electron chi connectivity index (χ2n) is 4.22. The highest BCUT2D eigenvalue weighted by Gasteiger charge is 2.06. The summed E-state index contributed by atoms with van der Waals surface area (Å²) in [5.74, 6) is -0.0667. The first kappa shape index (κ1) is 16.9. The number of hydrogen-bond donors (Lipinski definition) is 2. The van der Waals surface area contributed by atoms with Gasteiger partial charge in [-0.05, 0) is 18.1 Å². The Morgan fingerprint density at radius 2 is 2.00 bits per heavy atom. The van der Waals surface area contributed by atoms with Gasteiger partial charge < -0.3 is 20.1 Å². The Labute approximate surface area is 124 Å². The van der Waals surface area contributed by atoms with Crippen LogP contribution >= 0.6 is 11.6 Å². The maximum atomic E-state index is 11.6. The number of ether oxygens (including phenoxy) is 2. The van der Waals surface area contributed by atoms with E-state index in [1.54, 1.807) is 14.2 Å². The van der Waals surface area contributed by atoms with Gasteiger partial charge >= 0.3 is 0 Å². The molecule has 5 nitrogen and oxygen atoms in total. The van der Waals surface area contributed by atoms with Gasteiger partial charge in [-0.15, -0.1) is 0 Å². The molecule has 0 heterocycles. The summed E-state index contributed by atoms with van der Waals surface area (Å²) < 4.78 is 10.0. The Morgan fingerprint density at radius 1 is 1.30 bits per heavy atom. The van der Waals surface area contributed by atoms with Crippen LogP contribution < -0.4 is 10.6 Å². The minimum absolute atomic E-state index is 0.0667. The Balaban J connectivity index is 2.16. The van der Waals surface area contributed by atoms with E-state index in [2.05, 4.69) is 10.6 Å². The summed E-state index contributed by atoms with van der Waals surface area (Å²) >= 11 is 6.04. The molecule has 0 fully saturated rings. The van der Waals surface area contributed by atoms with Gasteiger partial charge in [-0.1, -0.05) is 29.8 Å². The van der Waals surface area contributed by atoms with Crippen molar-refractivity contribution in [1.82, 2.24) is 10.6 Å². The minimum Gasteiger partial charge on any atom is -0.355 e. The molecule has 0 radical (unpaired) electrons. The summed E-state index contributed by atoms with van der Waals surface area (Å²) in [7, 11) is 3.11. The molecule has 1 aromatic rings. The van der Waals surface area contributed by atoms with Crippen molar-refractivity contribution in [3.63, 3.8) is 0 Å². The average molecular weight is 301 g/mol. The van der Waals surface area contributed by atoms with Gasteiger partial charge in [0.1, 0.15) is 0 Å². The van der Waals surface area contributed by atoms with E-state index in [1.807, 2.05) is 24.3 Å². The summed E-state index contributed by atoms with van der Waals surface area (Å²) in [4.78, 5) is 11.6. The molecule has 0 unspecified atom stereocenters. The summed E-state index contributed by atoms with van der Waals surface area (Å²) in [6.45, 7) is 1.25. The van der Waals surface area contributed by atoms with Crippen molar-refractivity contribution < 1.29 is 14.3 Å². The standard InChI is InChI=1S/C14H21ClN2O3/c1-19-14(20-2)10-16-9-13(18)17-8-7-11-5-3-4-6-12(11)15/h3-6,14,16H,7-10H2,1-2H3,(H,17,18). The van der Waals surface area contributed by atoms with Crippen molar-refractivity contribution in [1.29, 1.82) is 0 Å². The molecule has 1 aromatic carbocycles. The number of carbonyl (C=O) groups excluding carboxylic acids is 1. The van der Waals surface area contributed by atoms with E-state index in [1.165, 1.54) is 0 Å². The van der Waals surface area contributed by atoms with Crippen LogP contribution in [0.1, 0.15) is 5.56 Å². The summed E-state index contributed by atoms with van der Waals surface area (Å²) in [6, 6.07) is 7.61. The third-order valence-electron chi connectivity index (χ3n) is 2.80. The first-order chi connectivity index (χ1) is 9.67. The monoisotopic (exact) mass is 300 g/mol. The number of rotatable bonds is 9. The van der Waals surface area contributed by atoms with Crippen LogP contribution in [0.25, 0.3) is 0 Å². The molecule has 0 aliphatic heterocycles. The van der Waals surface area contributed by atoms with E-state index in [4.69, 9.17) is 21.1 Å². The second kappa shape index (κ2) is 9.72. The summed E-state index contributed by atoms with van der Waals surface area (Å²) in [5, 5.41) is 6.51. The van der Waals surface area contributed by atoms with E-state index < -0.39 is 0 Å².